The summed E-state index contributed by atoms with van der Waals surface area (Å²) in [5.74, 6) is 1.76. The van der Waals surface area contributed by atoms with Gasteiger partial charge in [-0.1, -0.05) is 29.8 Å². The lowest BCUT2D eigenvalue weighted by Crippen LogP contribution is -2.25. The van der Waals surface area contributed by atoms with E-state index < -0.39 is 0 Å². The van der Waals surface area contributed by atoms with Crippen molar-refractivity contribution in [2.45, 2.75) is 33.2 Å². The first-order valence-electron chi connectivity index (χ1n) is 5.95. The van der Waals surface area contributed by atoms with Crippen LogP contribution in [0.2, 0.25) is 0 Å². The molecule has 1 rings (SSSR count). The predicted molar refractivity (Wildman–Crippen MR) is 73.9 cm³/mol. The highest BCUT2D eigenvalue weighted by atomic mass is 79.9. The minimum atomic E-state index is 0.316. The fourth-order valence-electron chi connectivity index (χ4n) is 1.18. The monoisotopic (exact) mass is 301 g/mol. The zero-order valence-electron chi connectivity index (χ0n) is 10.6. The zero-order chi connectivity index (χ0) is 12.7. The van der Waals surface area contributed by atoms with Gasteiger partial charge in [-0.3, -0.25) is 0 Å². The van der Waals surface area contributed by atoms with Gasteiger partial charge in [0.1, 0.15) is 0 Å². The number of nitrogens with one attached hydrogen (secondary N) is 1. The summed E-state index contributed by atoms with van der Waals surface area (Å²) < 4.78 is 5.46. The Labute approximate surface area is 111 Å². The number of rotatable bonds is 7. The molecule has 0 aliphatic heterocycles. The topological polar surface area (TPSA) is 47.0 Å². The smallest absolute Gasteiger partial charge is 0.226 e. The molecule has 0 aliphatic rings. The highest BCUT2D eigenvalue weighted by Crippen LogP contribution is 2.13. The summed E-state index contributed by atoms with van der Waals surface area (Å²) in [7, 11) is 0. The second-order valence-corrected chi connectivity index (χ2v) is 4.78. The SMILES string of the molecule is CCCOc1ccnc(NC(C)C(C)CBr)n1. The fourth-order valence-corrected chi connectivity index (χ4v) is 1.74. The Bertz CT molecular complexity index is 335. The Morgan fingerprint density at radius 3 is 2.88 bits per heavy atom. The molecule has 5 heteroatoms. The lowest BCUT2D eigenvalue weighted by molar-refractivity contribution is 0.305. The quantitative estimate of drug-likeness (QED) is 0.786. The van der Waals surface area contributed by atoms with Crippen molar-refractivity contribution in [3.63, 3.8) is 0 Å². The summed E-state index contributed by atoms with van der Waals surface area (Å²) >= 11 is 3.47. The van der Waals surface area contributed by atoms with Gasteiger partial charge < -0.3 is 10.1 Å². The molecule has 0 aromatic carbocycles. The average molecular weight is 302 g/mol. The molecule has 0 saturated carbocycles. The molecule has 96 valence electrons. The number of halogens is 1. The lowest BCUT2D eigenvalue weighted by Gasteiger charge is -2.19. The first-order valence-corrected chi connectivity index (χ1v) is 7.07. The van der Waals surface area contributed by atoms with Crippen molar-refractivity contribution in [2.24, 2.45) is 5.92 Å². The maximum atomic E-state index is 5.46. The van der Waals surface area contributed by atoms with Gasteiger partial charge in [-0.05, 0) is 19.3 Å². The number of ether oxygens (including phenoxy) is 1. The summed E-state index contributed by atoms with van der Waals surface area (Å²) in [5.41, 5.74) is 0. The standard InChI is InChI=1S/C12H20BrN3O/c1-4-7-17-11-5-6-14-12(16-11)15-10(3)9(2)8-13/h5-6,9-10H,4,7-8H2,1-3H3,(H,14,15,16). The normalized spacial score (nSPS) is 14.1. The van der Waals surface area contributed by atoms with Crippen molar-refractivity contribution in [3.8, 4) is 5.88 Å². The van der Waals surface area contributed by atoms with E-state index in [1.807, 2.05) is 0 Å². The largest absolute Gasteiger partial charge is 0.478 e. The molecule has 2 unspecified atom stereocenters. The van der Waals surface area contributed by atoms with Crippen molar-refractivity contribution in [1.29, 1.82) is 0 Å². The molecule has 1 aromatic heterocycles. The highest BCUT2D eigenvalue weighted by Gasteiger charge is 2.11. The molecule has 2 atom stereocenters. The van der Waals surface area contributed by atoms with Gasteiger partial charge in [-0.15, -0.1) is 0 Å². The molecule has 0 amide bonds. The van der Waals surface area contributed by atoms with Crippen LogP contribution in [0.5, 0.6) is 5.88 Å². The van der Waals surface area contributed by atoms with Crippen LogP contribution in [0.1, 0.15) is 27.2 Å². The molecule has 1 heterocycles. The van der Waals surface area contributed by atoms with Gasteiger partial charge in [0, 0.05) is 23.6 Å². The van der Waals surface area contributed by atoms with Crippen molar-refractivity contribution in [2.75, 3.05) is 17.3 Å². The van der Waals surface area contributed by atoms with E-state index in [0.717, 1.165) is 11.8 Å². The summed E-state index contributed by atoms with van der Waals surface area (Å²) in [4.78, 5) is 8.49. The molecule has 0 radical (unpaired) electrons. The van der Waals surface area contributed by atoms with E-state index in [-0.39, 0.29) is 0 Å². The molecule has 0 fully saturated rings. The minimum absolute atomic E-state index is 0.316. The third kappa shape index (κ3) is 4.89. The van der Waals surface area contributed by atoms with Crippen LogP contribution in [-0.4, -0.2) is 27.9 Å². The van der Waals surface area contributed by atoms with E-state index in [1.165, 1.54) is 0 Å². The number of anilines is 1. The Balaban J connectivity index is 2.58. The first-order chi connectivity index (χ1) is 8.17. The van der Waals surface area contributed by atoms with E-state index in [1.54, 1.807) is 12.3 Å². The van der Waals surface area contributed by atoms with Crippen molar-refractivity contribution in [3.05, 3.63) is 12.3 Å². The van der Waals surface area contributed by atoms with Gasteiger partial charge in [0.25, 0.3) is 0 Å². The zero-order valence-corrected chi connectivity index (χ0v) is 12.2. The number of nitrogens with zero attached hydrogens (tertiary/aromatic N) is 2. The average Bonchev–Trinajstić information content (AvgIpc) is 2.35. The van der Waals surface area contributed by atoms with Crippen LogP contribution in [0, 0.1) is 5.92 Å². The van der Waals surface area contributed by atoms with Crippen LogP contribution in [0.15, 0.2) is 12.3 Å². The van der Waals surface area contributed by atoms with Crippen molar-refractivity contribution >= 4 is 21.9 Å². The van der Waals surface area contributed by atoms with Crippen LogP contribution in [0.25, 0.3) is 0 Å². The maximum absolute atomic E-state index is 5.46. The van der Waals surface area contributed by atoms with Gasteiger partial charge in [0.15, 0.2) is 0 Å². The second kappa shape index (κ2) is 7.48. The van der Waals surface area contributed by atoms with Crippen LogP contribution >= 0.6 is 15.9 Å². The molecular formula is C12H20BrN3O. The molecule has 1 aromatic rings. The predicted octanol–water partition coefficient (Wildman–Crippen LogP) is 3.10. The van der Waals surface area contributed by atoms with E-state index in [4.69, 9.17) is 4.74 Å². The molecule has 1 N–H and O–H groups in total. The third-order valence-corrected chi connectivity index (χ3v) is 3.56. The number of hydrogen-bond donors (Lipinski definition) is 1. The van der Waals surface area contributed by atoms with Crippen molar-refractivity contribution < 1.29 is 4.74 Å². The van der Waals surface area contributed by atoms with E-state index in [2.05, 4.69) is 52.0 Å². The minimum Gasteiger partial charge on any atom is -0.478 e. The van der Waals surface area contributed by atoms with Gasteiger partial charge in [0.05, 0.1) is 6.61 Å². The molecule has 0 saturated heterocycles. The Morgan fingerprint density at radius 2 is 2.24 bits per heavy atom. The van der Waals surface area contributed by atoms with E-state index >= 15 is 0 Å². The number of alkyl halides is 1. The van der Waals surface area contributed by atoms with Gasteiger partial charge in [-0.25, -0.2) is 4.98 Å². The number of aromatic nitrogens is 2. The molecule has 4 nitrogen and oxygen atoms in total. The highest BCUT2D eigenvalue weighted by molar-refractivity contribution is 9.09. The summed E-state index contributed by atoms with van der Waals surface area (Å²) in [6.07, 6.45) is 2.69. The van der Waals surface area contributed by atoms with Gasteiger partial charge >= 0.3 is 0 Å². The van der Waals surface area contributed by atoms with E-state index in [9.17, 15) is 0 Å². The lowest BCUT2D eigenvalue weighted by atomic mass is 10.1. The molecule has 17 heavy (non-hydrogen) atoms. The van der Waals surface area contributed by atoms with Crippen molar-refractivity contribution in [1.82, 2.24) is 9.97 Å². The van der Waals surface area contributed by atoms with Crippen LogP contribution in [0.4, 0.5) is 5.95 Å². The molecular weight excluding hydrogens is 282 g/mol. The number of hydrogen-bond acceptors (Lipinski definition) is 4. The second-order valence-electron chi connectivity index (χ2n) is 4.13. The van der Waals surface area contributed by atoms with E-state index in [0.29, 0.717) is 30.4 Å². The summed E-state index contributed by atoms with van der Waals surface area (Å²) in [6.45, 7) is 7.04. The Kier molecular flexibility index (Phi) is 6.26. The van der Waals surface area contributed by atoms with Gasteiger partial charge in [-0.2, -0.15) is 4.98 Å². The Morgan fingerprint density at radius 1 is 1.47 bits per heavy atom. The third-order valence-electron chi connectivity index (χ3n) is 2.54. The summed E-state index contributed by atoms with van der Waals surface area (Å²) in [5, 5.41) is 4.23. The van der Waals surface area contributed by atoms with Crippen LogP contribution in [0.3, 0.4) is 0 Å². The van der Waals surface area contributed by atoms with Gasteiger partial charge in [0.2, 0.25) is 11.8 Å². The molecule has 0 aliphatic carbocycles. The molecule has 0 bridgehead atoms. The van der Waals surface area contributed by atoms with Crippen LogP contribution in [-0.2, 0) is 0 Å². The molecule has 0 spiro atoms. The summed E-state index contributed by atoms with van der Waals surface area (Å²) in [6, 6.07) is 2.09. The Hall–Kier alpha value is -0.840. The first kappa shape index (κ1) is 14.2. The van der Waals surface area contributed by atoms with Crippen LogP contribution < -0.4 is 10.1 Å². The maximum Gasteiger partial charge on any atom is 0.226 e. The fraction of sp³-hybridized carbons (Fsp3) is 0.667.